The van der Waals surface area contributed by atoms with Crippen molar-refractivity contribution in [2.75, 3.05) is 0 Å². The van der Waals surface area contributed by atoms with Crippen LogP contribution < -0.4 is 0 Å². The molecule has 0 saturated heterocycles. The van der Waals surface area contributed by atoms with Crippen LogP contribution in [0.15, 0.2) is 15.7 Å². The smallest absolute Gasteiger partial charge is 0.140 e. The molecule has 0 aromatic carbocycles. The van der Waals surface area contributed by atoms with E-state index in [9.17, 15) is 0 Å². The molecular formula is C13H20N2O2. The summed E-state index contributed by atoms with van der Waals surface area (Å²) < 4.78 is 5.26. The first-order chi connectivity index (χ1) is 8.06. The van der Waals surface area contributed by atoms with Gasteiger partial charge in [-0.2, -0.15) is 0 Å². The molecule has 1 aromatic rings. The zero-order valence-electron chi connectivity index (χ0n) is 10.9. The van der Waals surface area contributed by atoms with Crippen LogP contribution >= 0.6 is 0 Å². The van der Waals surface area contributed by atoms with Gasteiger partial charge in [-0.25, -0.2) is 0 Å². The normalized spacial score (nSPS) is 21.5. The molecule has 0 N–H and O–H groups in total. The molecule has 0 fully saturated rings. The van der Waals surface area contributed by atoms with Gasteiger partial charge in [-0.05, 0) is 19.3 Å². The fraction of sp³-hybridized carbons (Fsp3) is 0.692. The number of rotatable bonds is 4. The molecule has 0 spiro atoms. The maximum absolute atomic E-state index is 5.41. The first-order valence-corrected chi connectivity index (χ1v) is 6.21. The minimum absolute atomic E-state index is 0.244. The van der Waals surface area contributed by atoms with Crippen LogP contribution in [0.2, 0.25) is 0 Å². The summed E-state index contributed by atoms with van der Waals surface area (Å²) in [4.78, 5) is 5.41. The zero-order valence-corrected chi connectivity index (χ0v) is 10.9. The molecule has 1 unspecified atom stereocenters. The zero-order chi connectivity index (χ0) is 12.4. The molecule has 2 heterocycles. The van der Waals surface area contributed by atoms with Crippen molar-refractivity contribution in [3.8, 4) is 0 Å². The Balaban J connectivity index is 1.90. The molecule has 94 valence electrons. The average Bonchev–Trinajstić information content (AvgIpc) is 2.86. The summed E-state index contributed by atoms with van der Waals surface area (Å²) in [5, 5.41) is 8.07. The minimum Gasteiger partial charge on any atom is -0.392 e. The molecule has 0 aliphatic carbocycles. The molecular weight excluding hydrogens is 216 g/mol. The van der Waals surface area contributed by atoms with Gasteiger partial charge in [0.1, 0.15) is 11.9 Å². The van der Waals surface area contributed by atoms with Crippen LogP contribution in [-0.2, 0) is 4.84 Å². The van der Waals surface area contributed by atoms with E-state index in [0.717, 1.165) is 30.0 Å². The standard InChI is InChI=1S/C13H20N2O2/c1-8(2)12-7-11(15-16-12)5-9(3)13-6-10(4)14-17-13/h6,8-9,12H,5,7H2,1-4H3/t9-,12?/m0/s1. The second kappa shape index (κ2) is 4.90. The van der Waals surface area contributed by atoms with E-state index in [1.807, 2.05) is 13.0 Å². The van der Waals surface area contributed by atoms with Gasteiger partial charge in [-0.3, -0.25) is 0 Å². The van der Waals surface area contributed by atoms with E-state index in [4.69, 9.17) is 9.36 Å². The Bertz CT molecular complexity index is 409. The maximum atomic E-state index is 5.41. The molecule has 1 aliphatic rings. The van der Waals surface area contributed by atoms with E-state index in [0.29, 0.717) is 11.8 Å². The average molecular weight is 236 g/mol. The molecule has 17 heavy (non-hydrogen) atoms. The number of hydrogen-bond acceptors (Lipinski definition) is 4. The van der Waals surface area contributed by atoms with Crippen LogP contribution in [0.1, 0.15) is 51.0 Å². The second-order valence-corrected chi connectivity index (χ2v) is 5.23. The number of hydrogen-bond donors (Lipinski definition) is 0. The van der Waals surface area contributed by atoms with Gasteiger partial charge in [0.15, 0.2) is 0 Å². The molecule has 1 aliphatic heterocycles. The van der Waals surface area contributed by atoms with Gasteiger partial charge in [0.05, 0.1) is 11.4 Å². The lowest BCUT2D eigenvalue weighted by atomic mass is 9.95. The van der Waals surface area contributed by atoms with E-state index >= 15 is 0 Å². The van der Waals surface area contributed by atoms with Crippen LogP contribution in [0.25, 0.3) is 0 Å². The van der Waals surface area contributed by atoms with Crippen molar-refractivity contribution in [1.29, 1.82) is 0 Å². The molecule has 0 radical (unpaired) electrons. The Kier molecular flexibility index (Phi) is 3.50. The number of nitrogens with zero attached hydrogens (tertiary/aromatic N) is 2. The fourth-order valence-electron chi connectivity index (χ4n) is 2.00. The fourth-order valence-corrected chi connectivity index (χ4v) is 2.00. The first-order valence-electron chi connectivity index (χ1n) is 6.21. The second-order valence-electron chi connectivity index (χ2n) is 5.23. The topological polar surface area (TPSA) is 47.6 Å². The summed E-state index contributed by atoms with van der Waals surface area (Å²) >= 11 is 0. The monoisotopic (exact) mass is 236 g/mol. The molecule has 2 atom stereocenters. The number of oxime groups is 1. The number of aromatic nitrogens is 1. The van der Waals surface area contributed by atoms with Crippen molar-refractivity contribution in [2.45, 2.75) is 52.6 Å². The van der Waals surface area contributed by atoms with Crippen LogP contribution in [0.3, 0.4) is 0 Å². The van der Waals surface area contributed by atoms with E-state index in [1.165, 1.54) is 0 Å². The highest BCUT2D eigenvalue weighted by atomic mass is 16.6. The Hall–Kier alpha value is -1.32. The van der Waals surface area contributed by atoms with E-state index in [2.05, 4.69) is 31.1 Å². The number of aryl methyl sites for hydroxylation is 1. The van der Waals surface area contributed by atoms with E-state index in [1.54, 1.807) is 0 Å². The lowest BCUT2D eigenvalue weighted by molar-refractivity contribution is 0.0521. The first kappa shape index (κ1) is 12.1. The van der Waals surface area contributed by atoms with E-state index in [-0.39, 0.29) is 6.10 Å². The quantitative estimate of drug-likeness (QED) is 0.806. The third-order valence-corrected chi connectivity index (χ3v) is 3.17. The lowest BCUT2D eigenvalue weighted by Crippen LogP contribution is -2.15. The molecule has 4 nitrogen and oxygen atoms in total. The molecule has 2 rings (SSSR count). The van der Waals surface area contributed by atoms with Crippen LogP contribution in [0, 0.1) is 12.8 Å². The van der Waals surface area contributed by atoms with Gasteiger partial charge >= 0.3 is 0 Å². The maximum Gasteiger partial charge on any atom is 0.140 e. The predicted molar refractivity (Wildman–Crippen MR) is 66.0 cm³/mol. The SMILES string of the molecule is Cc1cc([C@@H](C)CC2=NOC(C(C)C)C2)on1. The van der Waals surface area contributed by atoms with Crippen molar-refractivity contribution in [3.63, 3.8) is 0 Å². The van der Waals surface area contributed by atoms with Gasteiger partial charge in [0.25, 0.3) is 0 Å². The van der Waals surface area contributed by atoms with Crippen LogP contribution in [0.4, 0.5) is 0 Å². The van der Waals surface area contributed by atoms with Crippen molar-refractivity contribution in [2.24, 2.45) is 11.1 Å². The van der Waals surface area contributed by atoms with Gasteiger partial charge < -0.3 is 9.36 Å². The lowest BCUT2D eigenvalue weighted by Gasteiger charge is -2.11. The van der Waals surface area contributed by atoms with Gasteiger partial charge in [0, 0.05) is 18.4 Å². The summed E-state index contributed by atoms with van der Waals surface area (Å²) in [6.07, 6.45) is 2.07. The summed E-state index contributed by atoms with van der Waals surface area (Å²) in [6, 6.07) is 1.99. The van der Waals surface area contributed by atoms with Crippen molar-refractivity contribution < 1.29 is 9.36 Å². The Morgan fingerprint density at radius 2 is 2.18 bits per heavy atom. The van der Waals surface area contributed by atoms with Crippen molar-refractivity contribution >= 4 is 5.71 Å². The third kappa shape index (κ3) is 2.87. The van der Waals surface area contributed by atoms with Crippen molar-refractivity contribution in [1.82, 2.24) is 5.16 Å². The predicted octanol–water partition coefficient (Wildman–Crippen LogP) is 3.28. The Morgan fingerprint density at radius 3 is 2.71 bits per heavy atom. The van der Waals surface area contributed by atoms with Gasteiger partial charge in [0.2, 0.25) is 0 Å². The molecule has 1 aromatic heterocycles. The molecule has 0 amide bonds. The van der Waals surface area contributed by atoms with Crippen LogP contribution in [-0.4, -0.2) is 17.0 Å². The highest BCUT2D eigenvalue weighted by molar-refractivity contribution is 5.86. The van der Waals surface area contributed by atoms with E-state index < -0.39 is 0 Å². The summed E-state index contributed by atoms with van der Waals surface area (Å²) in [5.41, 5.74) is 2.06. The molecule has 4 heteroatoms. The van der Waals surface area contributed by atoms with Gasteiger partial charge in [-0.1, -0.05) is 31.1 Å². The molecule has 0 saturated carbocycles. The summed E-state index contributed by atoms with van der Waals surface area (Å²) in [5.74, 6) is 1.75. The largest absolute Gasteiger partial charge is 0.392 e. The summed E-state index contributed by atoms with van der Waals surface area (Å²) in [6.45, 7) is 8.38. The van der Waals surface area contributed by atoms with Crippen LogP contribution in [0.5, 0.6) is 0 Å². The molecule has 0 bridgehead atoms. The highest BCUT2D eigenvalue weighted by Crippen LogP contribution is 2.26. The Labute approximate surface area is 102 Å². The summed E-state index contributed by atoms with van der Waals surface area (Å²) in [7, 11) is 0. The van der Waals surface area contributed by atoms with Gasteiger partial charge in [-0.15, -0.1) is 0 Å². The minimum atomic E-state index is 0.244. The third-order valence-electron chi connectivity index (χ3n) is 3.17. The Morgan fingerprint density at radius 1 is 1.41 bits per heavy atom. The highest BCUT2D eigenvalue weighted by Gasteiger charge is 2.25. The van der Waals surface area contributed by atoms with Crippen molar-refractivity contribution in [3.05, 3.63) is 17.5 Å².